The SMILES string of the molecule is COC(=O)CCCCCCCCCCOc1cc(F)c([C@@H]2c3[nH]c4ccccc4c3C[C@@H](C)N2CC(C)(C)F)c(F)c1. The third-order valence-electron chi connectivity index (χ3n) is 8.17. The van der Waals surface area contributed by atoms with Crippen molar-refractivity contribution in [3.05, 3.63) is 64.9 Å². The number of nitrogens with one attached hydrogen (secondary N) is 1. The minimum absolute atomic E-state index is 0.0399. The maximum Gasteiger partial charge on any atom is 0.305 e. The maximum atomic E-state index is 15.8. The molecule has 8 heteroatoms. The Balaban J connectivity index is 1.38. The van der Waals surface area contributed by atoms with Crippen molar-refractivity contribution in [1.29, 1.82) is 0 Å². The molecule has 0 saturated carbocycles. The van der Waals surface area contributed by atoms with Gasteiger partial charge in [0.25, 0.3) is 0 Å². The number of halogens is 3. The van der Waals surface area contributed by atoms with Gasteiger partial charge in [0.15, 0.2) is 0 Å². The van der Waals surface area contributed by atoms with Gasteiger partial charge >= 0.3 is 5.97 Å². The molecule has 3 aromatic rings. The van der Waals surface area contributed by atoms with Crippen LogP contribution in [-0.2, 0) is 16.0 Å². The van der Waals surface area contributed by atoms with Gasteiger partial charge in [0.1, 0.15) is 23.1 Å². The van der Waals surface area contributed by atoms with Crippen LogP contribution >= 0.6 is 0 Å². The second-order valence-electron chi connectivity index (χ2n) is 12.2. The number of alkyl halides is 1. The molecule has 0 bridgehead atoms. The molecule has 0 aliphatic carbocycles. The highest BCUT2D eigenvalue weighted by Crippen LogP contribution is 2.43. The van der Waals surface area contributed by atoms with E-state index >= 15 is 8.78 Å². The van der Waals surface area contributed by atoms with Crippen LogP contribution in [0.15, 0.2) is 36.4 Å². The Bertz CT molecular complexity index is 1310. The lowest BCUT2D eigenvalue weighted by molar-refractivity contribution is -0.140. The van der Waals surface area contributed by atoms with Gasteiger partial charge in [0.05, 0.1) is 19.8 Å². The molecule has 1 aliphatic rings. The summed E-state index contributed by atoms with van der Waals surface area (Å²) < 4.78 is 56.9. The van der Waals surface area contributed by atoms with Gasteiger partial charge in [-0.05, 0) is 51.7 Å². The van der Waals surface area contributed by atoms with Crippen molar-refractivity contribution < 1.29 is 27.4 Å². The Labute approximate surface area is 247 Å². The number of aromatic amines is 1. The fourth-order valence-electron chi connectivity index (χ4n) is 6.13. The van der Waals surface area contributed by atoms with Gasteiger partial charge < -0.3 is 14.5 Å². The van der Waals surface area contributed by atoms with E-state index in [2.05, 4.69) is 9.72 Å². The lowest BCUT2D eigenvalue weighted by Gasteiger charge is -2.43. The minimum atomic E-state index is -1.55. The first kappa shape index (κ1) is 31.9. The summed E-state index contributed by atoms with van der Waals surface area (Å²) in [6, 6.07) is 9.45. The summed E-state index contributed by atoms with van der Waals surface area (Å²) in [7, 11) is 1.41. The highest BCUT2D eigenvalue weighted by Gasteiger charge is 2.41. The molecule has 0 spiro atoms. The number of H-pyrrole nitrogens is 1. The van der Waals surface area contributed by atoms with Gasteiger partial charge in [-0.25, -0.2) is 13.2 Å². The molecule has 1 aromatic heterocycles. The van der Waals surface area contributed by atoms with Crippen molar-refractivity contribution in [1.82, 2.24) is 9.88 Å². The second kappa shape index (κ2) is 14.5. The summed E-state index contributed by atoms with van der Waals surface area (Å²) in [5, 5.41) is 1.03. The zero-order valence-electron chi connectivity index (χ0n) is 25.4. The van der Waals surface area contributed by atoms with Crippen molar-refractivity contribution in [2.75, 3.05) is 20.3 Å². The Morgan fingerprint density at radius 1 is 1.00 bits per heavy atom. The standard InChI is InChI=1S/C34H45F3N2O3/c1-23-19-26-25-15-12-13-16-29(25)38-32(26)33(39(23)22-34(2,3)37)31-27(35)20-24(21-28(31)36)42-18-14-10-8-6-5-7-9-11-17-30(40)41-4/h12-13,15-16,20-21,23,33,38H,5-11,14,17-19,22H2,1-4H3/t23-,33-/m1/s1. The number of hydrogen-bond donors (Lipinski definition) is 1. The second-order valence-corrected chi connectivity index (χ2v) is 12.2. The van der Waals surface area contributed by atoms with Crippen LogP contribution in [0.5, 0.6) is 5.75 Å². The van der Waals surface area contributed by atoms with Crippen LogP contribution in [0.25, 0.3) is 10.9 Å². The average molecular weight is 587 g/mol. The molecular formula is C34H45F3N2O3. The van der Waals surface area contributed by atoms with Gasteiger partial charge in [0, 0.05) is 53.3 Å². The fraction of sp³-hybridized carbons (Fsp3) is 0.559. The zero-order valence-corrected chi connectivity index (χ0v) is 25.4. The zero-order chi connectivity index (χ0) is 30.3. The number of aromatic nitrogens is 1. The average Bonchev–Trinajstić information content (AvgIpc) is 3.30. The first-order valence-corrected chi connectivity index (χ1v) is 15.3. The molecule has 42 heavy (non-hydrogen) atoms. The summed E-state index contributed by atoms with van der Waals surface area (Å²) in [6.07, 6.45) is 9.18. The molecule has 1 N–H and O–H groups in total. The van der Waals surface area contributed by atoms with E-state index in [4.69, 9.17) is 4.74 Å². The minimum Gasteiger partial charge on any atom is -0.493 e. The summed E-state index contributed by atoms with van der Waals surface area (Å²) in [5.74, 6) is -1.37. The van der Waals surface area contributed by atoms with Crippen LogP contribution in [0.4, 0.5) is 13.2 Å². The van der Waals surface area contributed by atoms with E-state index in [-0.39, 0.29) is 29.9 Å². The molecule has 2 heterocycles. The quantitative estimate of drug-likeness (QED) is 0.143. The van der Waals surface area contributed by atoms with E-state index in [1.807, 2.05) is 36.1 Å². The third kappa shape index (κ3) is 8.09. The number of carbonyl (C=O) groups is 1. The smallest absolute Gasteiger partial charge is 0.305 e. The summed E-state index contributed by atoms with van der Waals surface area (Å²) in [5.41, 5.74) is 1.01. The Kier molecular flexibility index (Phi) is 11.0. The number of ether oxygens (including phenoxy) is 2. The third-order valence-corrected chi connectivity index (χ3v) is 8.17. The lowest BCUT2D eigenvalue weighted by atomic mass is 9.87. The molecule has 0 saturated heterocycles. The molecule has 4 rings (SSSR count). The molecule has 0 amide bonds. The van der Waals surface area contributed by atoms with Crippen molar-refractivity contribution in [3.8, 4) is 5.75 Å². The molecule has 5 nitrogen and oxygen atoms in total. The van der Waals surface area contributed by atoms with Crippen molar-refractivity contribution in [3.63, 3.8) is 0 Å². The Morgan fingerprint density at radius 3 is 2.26 bits per heavy atom. The van der Waals surface area contributed by atoms with Crippen molar-refractivity contribution in [2.24, 2.45) is 0 Å². The molecule has 230 valence electrons. The molecule has 0 fully saturated rings. The van der Waals surface area contributed by atoms with Crippen LogP contribution in [-0.4, -0.2) is 47.8 Å². The molecule has 2 atom stereocenters. The predicted molar refractivity (Wildman–Crippen MR) is 161 cm³/mol. The number of hydrogen-bond acceptors (Lipinski definition) is 4. The number of methoxy groups -OCH3 is 1. The summed E-state index contributed by atoms with van der Waals surface area (Å²) >= 11 is 0. The van der Waals surface area contributed by atoms with Crippen molar-refractivity contribution in [2.45, 2.75) is 103 Å². The van der Waals surface area contributed by atoms with Gasteiger partial charge in [-0.3, -0.25) is 9.69 Å². The Morgan fingerprint density at radius 2 is 1.62 bits per heavy atom. The molecule has 0 radical (unpaired) electrons. The normalized spacial score (nSPS) is 17.4. The van der Waals surface area contributed by atoms with Crippen molar-refractivity contribution >= 4 is 16.9 Å². The fourth-order valence-corrected chi connectivity index (χ4v) is 6.13. The topological polar surface area (TPSA) is 54.6 Å². The van der Waals surface area contributed by atoms with E-state index < -0.39 is 23.3 Å². The predicted octanol–water partition coefficient (Wildman–Crippen LogP) is 8.59. The van der Waals surface area contributed by atoms with Crippen LogP contribution < -0.4 is 4.74 Å². The van der Waals surface area contributed by atoms with Crippen LogP contribution in [0.2, 0.25) is 0 Å². The van der Waals surface area contributed by atoms with E-state index in [0.717, 1.165) is 67.8 Å². The summed E-state index contributed by atoms with van der Waals surface area (Å²) in [6.45, 7) is 5.40. The molecule has 1 aliphatic heterocycles. The maximum absolute atomic E-state index is 15.8. The summed E-state index contributed by atoms with van der Waals surface area (Å²) in [4.78, 5) is 16.4. The number of fused-ring (bicyclic) bond motifs is 3. The van der Waals surface area contributed by atoms with Crippen LogP contribution in [0.1, 0.15) is 101 Å². The number of carbonyl (C=O) groups excluding carboxylic acids is 1. The number of para-hydroxylation sites is 1. The highest BCUT2D eigenvalue weighted by atomic mass is 19.1. The number of rotatable bonds is 15. The van der Waals surface area contributed by atoms with E-state index in [1.54, 1.807) is 0 Å². The molecular weight excluding hydrogens is 541 g/mol. The molecule has 0 unspecified atom stereocenters. The van der Waals surface area contributed by atoms with Crippen LogP contribution in [0, 0.1) is 11.6 Å². The number of unbranched alkanes of at least 4 members (excludes halogenated alkanes) is 7. The van der Waals surface area contributed by atoms with Gasteiger partial charge in [0.2, 0.25) is 0 Å². The lowest BCUT2D eigenvalue weighted by Crippen LogP contribution is -2.48. The first-order chi connectivity index (χ1) is 20.1. The van der Waals surface area contributed by atoms with Gasteiger partial charge in [-0.1, -0.05) is 56.7 Å². The molecule has 2 aromatic carbocycles. The van der Waals surface area contributed by atoms with E-state index in [9.17, 15) is 9.18 Å². The van der Waals surface area contributed by atoms with E-state index in [0.29, 0.717) is 25.1 Å². The largest absolute Gasteiger partial charge is 0.493 e. The van der Waals surface area contributed by atoms with Crippen LogP contribution in [0.3, 0.4) is 0 Å². The number of nitrogens with zero attached hydrogens (tertiary/aromatic N) is 1. The number of esters is 1. The first-order valence-electron chi connectivity index (χ1n) is 15.3. The monoisotopic (exact) mass is 586 g/mol. The highest BCUT2D eigenvalue weighted by molar-refractivity contribution is 5.85. The van der Waals surface area contributed by atoms with E-state index in [1.165, 1.54) is 33.1 Å². The van der Waals surface area contributed by atoms with Gasteiger partial charge in [-0.2, -0.15) is 0 Å². The van der Waals surface area contributed by atoms with Gasteiger partial charge in [-0.15, -0.1) is 0 Å². The number of benzene rings is 2. The Hall–Kier alpha value is -3.00.